The quantitative estimate of drug-likeness (QED) is 0.679. The zero-order valence-corrected chi connectivity index (χ0v) is 12.3. The monoisotopic (exact) mass is 302 g/mol. The van der Waals surface area contributed by atoms with Crippen LogP contribution in [-0.4, -0.2) is 35.7 Å². The third kappa shape index (κ3) is 2.23. The van der Waals surface area contributed by atoms with E-state index in [2.05, 4.69) is 10.6 Å². The van der Waals surface area contributed by atoms with Gasteiger partial charge in [0.25, 0.3) is 5.91 Å². The van der Waals surface area contributed by atoms with Gasteiger partial charge in [-0.3, -0.25) is 19.7 Å². The van der Waals surface area contributed by atoms with Crippen molar-refractivity contribution in [3.05, 3.63) is 28.8 Å². The van der Waals surface area contributed by atoms with Crippen LogP contribution in [0, 0.1) is 0 Å². The number of amides is 3. The highest BCUT2D eigenvalue weighted by Gasteiger charge is 2.39. The molecule has 3 amide bonds. The topological polar surface area (TPSA) is 105 Å². The van der Waals surface area contributed by atoms with Crippen molar-refractivity contribution < 1.29 is 14.4 Å². The van der Waals surface area contributed by atoms with E-state index in [9.17, 15) is 14.4 Å². The van der Waals surface area contributed by atoms with Crippen LogP contribution in [0.4, 0.5) is 5.69 Å². The van der Waals surface area contributed by atoms with Gasteiger partial charge in [0, 0.05) is 37.8 Å². The van der Waals surface area contributed by atoms with Crippen LogP contribution in [0.5, 0.6) is 0 Å². The number of fused-ring (bicyclic) bond motifs is 1. The van der Waals surface area contributed by atoms with Crippen LogP contribution < -0.4 is 16.4 Å². The Morgan fingerprint density at radius 3 is 2.77 bits per heavy atom. The van der Waals surface area contributed by atoms with Crippen molar-refractivity contribution >= 4 is 23.4 Å². The average Bonchev–Trinajstić information content (AvgIpc) is 2.82. The van der Waals surface area contributed by atoms with E-state index in [-0.39, 0.29) is 18.2 Å². The summed E-state index contributed by atoms with van der Waals surface area (Å²) in [6.45, 7) is 0.744. The highest BCUT2D eigenvalue weighted by molar-refractivity contribution is 6.05. The molecule has 7 nitrogen and oxygen atoms in total. The van der Waals surface area contributed by atoms with E-state index in [0.29, 0.717) is 25.1 Å². The Bertz CT molecular complexity index is 671. The molecule has 0 aromatic heterocycles. The van der Waals surface area contributed by atoms with Gasteiger partial charge < -0.3 is 16.0 Å². The molecule has 0 spiro atoms. The van der Waals surface area contributed by atoms with E-state index in [0.717, 1.165) is 16.8 Å². The predicted molar refractivity (Wildman–Crippen MR) is 79.9 cm³/mol. The largest absolute Gasteiger partial charge is 0.388 e. The van der Waals surface area contributed by atoms with Crippen molar-refractivity contribution in [1.82, 2.24) is 10.2 Å². The average molecular weight is 302 g/mol. The third-order valence-corrected chi connectivity index (χ3v) is 4.24. The van der Waals surface area contributed by atoms with E-state index >= 15 is 0 Å². The number of benzene rings is 1. The molecular formula is C15H18N4O3. The number of imide groups is 1. The Labute approximate surface area is 127 Å². The lowest BCUT2D eigenvalue weighted by Crippen LogP contribution is -2.52. The Morgan fingerprint density at radius 1 is 1.36 bits per heavy atom. The SMILES string of the molecule is CNc1cc2c(cc1CN)CN(C1CCC(=O)NC1=O)C2=O. The normalized spacial score (nSPS) is 20.9. The summed E-state index contributed by atoms with van der Waals surface area (Å²) >= 11 is 0. The lowest BCUT2D eigenvalue weighted by atomic mass is 10.0. The molecule has 2 aliphatic rings. The molecule has 0 aliphatic carbocycles. The second-order valence-corrected chi connectivity index (χ2v) is 5.52. The first-order valence-electron chi connectivity index (χ1n) is 7.23. The van der Waals surface area contributed by atoms with Gasteiger partial charge in [-0.1, -0.05) is 0 Å². The lowest BCUT2D eigenvalue weighted by molar-refractivity contribution is -0.136. The molecule has 1 atom stereocenters. The Morgan fingerprint density at radius 2 is 2.14 bits per heavy atom. The highest BCUT2D eigenvalue weighted by Crippen LogP contribution is 2.31. The molecule has 7 heteroatoms. The molecule has 1 unspecified atom stereocenters. The molecule has 0 radical (unpaired) electrons. The summed E-state index contributed by atoms with van der Waals surface area (Å²) in [5.74, 6) is -0.858. The number of carbonyl (C=O) groups excluding carboxylic acids is 3. The molecule has 2 aliphatic heterocycles. The number of anilines is 1. The maximum atomic E-state index is 12.6. The predicted octanol–water partition coefficient (Wildman–Crippen LogP) is -0.0520. The van der Waals surface area contributed by atoms with Gasteiger partial charge >= 0.3 is 0 Å². The maximum Gasteiger partial charge on any atom is 0.255 e. The molecule has 116 valence electrons. The fourth-order valence-corrected chi connectivity index (χ4v) is 3.07. The van der Waals surface area contributed by atoms with Crippen molar-refractivity contribution in [3.8, 4) is 0 Å². The van der Waals surface area contributed by atoms with E-state index in [4.69, 9.17) is 5.73 Å². The van der Waals surface area contributed by atoms with E-state index in [1.165, 1.54) is 4.90 Å². The molecule has 2 heterocycles. The Balaban J connectivity index is 1.91. The highest BCUT2D eigenvalue weighted by atomic mass is 16.2. The first kappa shape index (κ1) is 14.5. The minimum atomic E-state index is -0.586. The first-order valence-corrected chi connectivity index (χ1v) is 7.23. The Hall–Kier alpha value is -2.41. The van der Waals surface area contributed by atoms with Crippen LogP contribution in [0.15, 0.2) is 12.1 Å². The number of piperidine rings is 1. The van der Waals surface area contributed by atoms with Gasteiger partial charge in [0.2, 0.25) is 11.8 Å². The van der Waals surface area contributed by atoms with Crippen LogP contribution in [-0.2, 0) is 22.7 Å². The fraction of sp³-hybridized carbons (Fsp3) is 0.400. The van der Waals surface area contributed by atoms with Crippen molar-refractivity contribution in [1.29, 1.82) is 0 Å². The van der Waals surface area contributed by atoms with Gasteiger partial charge in [-0.05, 0) is 29.7 Å². The summed E-state index contributed by atoms with van der Waals surface area (Å²) in [4.78, 5) is 37.3. The minimum absolute atomic E-state index is 0.176. The zero-order valence-electron chi connectivity index (χ0n) is 12.3. The van der Waals surface area contributed by atoms with Gasteiger partial charge in [-0.15, -0.1) is 0 Å². The van der Waals surface area contributed by atoms with Crippen LogP contribution >= 0.6 is 0 Å². The summed E-state index contributed by atoms with van der Waals surface area (Å²) in [5.41, 5.74) is 8.94. The summed E-state index contributed by atoms with van der Waals surface area (Å²) in [6, 6.07) is 3.11. The summed E-state index contributed by atoms with van der Waals surface area (Å²) in [5, 5.41) is 5.33. The van der Waals surface area contributed by atoms with Gasteiger partial charge in [0.1, 0.15) is 6.04 Å². The molecule has 3 rings (SSSR count). The second-order valence-electron chi connectivity index (χ2n) is 5.52. The van der Waals surface area contributed by atoms with Gasteiger partial charge in [-0.2, -0.15) is 0 Å². The van der Waals surface area contributed by atoms with Crippen molar-refractivity contribution in [2.24, 2.45) is 5.73 Å². The van der Waals surface area contributed by atoms with Crippen molar-refractivity contribution in [2.75, 3.05) is 12.4 Å². The molecule has 1 aromatic rings. The zero-order chi connectivity index (χ0) is 15.9. The second kappa shape index (κ2) is 5.42. The van der Waals surface area contributed by atoms with Gasteiger partial charge in [0.15, 0.2) is 0 Å². The third-order valence-electron chi connectivity index (χ3n) is 4.24. The van der Waals surface area contributed by atoms with Crippen LogP contribution in [0.2, 0.25) is 0 Å². The van der Waals surface area contributed by atoms with Gasteiger partial charge in [-0.25, -0.2) is 0 Å². The summed E-state index contributed by atoms with van der Waals surface area (Å²) in [7, 11) is 1.78. The van der Waals surface area contributed by atoms with Crippen LogP contribution in [0.1, 0.15) is 34.3 Å². The lowest BCUT2D eigenvalue weighted by Gasteiger charge is -2.29. The van der Waals surface area contributed by atoms with Crippen LogP contribution in [0.25, 0.3) is 0 Å². The molecule has 1 fully saturated rings. The fourth-order valence-electron chi connectivity index (χ4n) is 3.07. The maximum absolute atomic E-state index is 12.6. The number of rotatable bonds is 3. The smallest absolute Gasteiger partial charge is 0.255 e. The molecule has 22 heavy (non-hydrogen) atoms. The molecule has 1 aromatic carbocycles. The van der Waals surface area contributed by atoms with Crippen LogP contribution in [0.3, 0.4) is 0 Å². The van der Waals surface area contributed by atoms with E-state index in [1.54, 1.807) is 13.1 Å². The summed E-state index contributed by atoms with van der Waals surface area (Å²) < 4.78 is 0. The summed E-state index contributed by atoms with van der Waals surface area (Å²) in [6.07, 6.45) is 0.624. The molecule has 4 N–H and O–H groups in total. The van der Waals surface area contributed by atoms with Gasteiger partial charge in [0.05, 0.1) is 0 Å². The number of nitrogens with one attached hydrogen (secondary N) is 2. The first-order chi connectivity index (χ1) is 10.5. The van der Waals surface area contributed by atoms with E-state index in [1.807, 2.05) is 6.07 Å². The Kier molecular flexibility index (Phi) is 3.58. The minimum Gasteiger partial charge on any atom is -0.388 e. The number of nitrogens with two attached hydrogens (primary N) is 1. The standard InChI is InChI=1S/C15H18N4O3/c1-17-11-5-10-9(4-8(11)6-16)7-19(15(10)22)12-2-3-13(20)18-14(12)21/h4-5,12,17H,2-3,6-7,16H2,1H3,(H,18,20,21). The number of carbonyl (C=O) groups is 3. The van der Waals surface area contributed by atoms with Crippen molar-refractivity contribution in [3.63, 3.8) is 0 Å². The number of hydrogen-bond donors (Lipinski definition) is 3. The molecular weight excluding hydrogens is 284 g/mol. The number of nitrogens with zero attached hydrogens (tertiary/aromatic N) is 1. The molecule has 0 saturated carbocycles. The van der Waals surface area contributed by atoms with E-state index < -0.39 is 11.9 Å². The number of hydrogen-bond acceptors (Lipinski definition) is 5. The van der Waals surface area contributed by atoms with Crippen molar-refractivity contribution in [2.45, 2.75) is 32.0 Å². The molecule has 0 bridgehead atoms. The molecule has 1 saturated heterocycles.